The van der Waals surface area contributed by atoms with Crippen LogP contribution in [0.5, 0.6) is 0 Å². The van der Waals surface area contributed by atoms with Crippen LogP contribution in [0.2, 0.25) is 0 Å². The summed E-state index contributed by atoms with van der Waals surface area (Å²) in [4.78, 5) is 29.6. The number of aryl methyl sites for hydroxylation is 1. The fourth-order valence-corrected chi connectivity index (χ4v) is 2.77. The highest BCUT2D eigenvalue weighted by atomic mass is 16.2. The summed E-state index contributed by atoms with van der Waals surface area (Å²) in [6, 6.07) is 11.9. The lowest BCUT2D eigenvalue weighted by atomic mass is 10.0. The number of nitrogens with one attached hydrogen (secondary N) is 2. The van der Waals surface area contributed by atoms with E-state index < -0.39 is 6.04 Å². The first-order valence-corrected chi connectivity index (χ1v) is 9.08. The van der Waals surface area contributed by atoms with Gasteiger partial charge in [-0.2, -0.15) is 5.10 Å². The number of carbonyl (C=O) groups excluding carboxylic acids is 2. The van der Waals surface area contributed by atoms with Gasteiger partial charge in [-0.1, -0.05) is 31.5 Å². The molecule has 1 atom stereocenters. The maximum atomic E-state index is 12.7. The molecule has 0 saturated heterocycles. The summed E-state index contributed by atoms with van der Waals surface area (Å²) in [5.74, 6) is 0.00979. The highest BCUT2D eigenvalue weighted by Crippen LogP contribution is 2.12. The Hall–Kier alpha value is -3.48. The van der Waals surface area contributed by atoms with Crippen LogP contribution in [0.4, 0.5) is 5.69 Å². The van der Waals surface area contributed by atoms with Gasteiger partial charge in [-0.3, -0.25) is 9.59 Å². The number of hydrogen-bond donors (Lipinski definition) is 2. The summed E-state index contributed by atoms with van der Waals surface area (Å²) >= 11 is 0. The number of anilines is 1. The molecule has 7 heteroatoms. The predicted molar refractivity (Wildman–Crippen MR) is 107 cm³/mol. The van der Waals surface area contributed by atoms with Crippen LogP contribution < -0.4 is 10.6 Å². The van der Waals surface area contributed by atoms with Crippen LogP contribution in [0.25, 0.3) is 5.82 Å². The van der Waals surface area contributed by atoms with E-state index in [2.05, 4.69) is 20.7 Å². The van der Waals surface area contributed by atoms with Crippen molar-refractivity contribution >= 4 is 17.5 Å². The molecule has 7 nitrogen and oxygen atoms in total. The van der Waals surface area contributed by atoms with Gasteiger partial charge in [-0.25, -0.2) is 9.67 Å². The molecule has 2 heterocycles. The molecule has 0 radical (unpaired) electrons. The third-order valence-corrected chi connectivity index (χ3v) is 4.27. The van der Waals surface area contributed by atoms with Gasteiger partial charge in [-0.05, 0) is 43.2 Å². The molecule has 0 aliphatic rings. The molecule has 2 N–H and O–H groups in total. The highest BCUT2D eigenvalue weighted by molar-refractivity contribution is 6.01. The monoisotopic (exact) mass is 377 g/mol. The second-order valence-corrected chi connectivity index (χ2v) is 6.91. The van der Waals surface area contributed by atoms with Gasteiger partial charge in [0.15, 0.2) is 5.82 Å². The van der Waals surface area contributed by atoms with E-state index in [1.54, 1.807) is 47.5 Å². The molecule has 0 aliphatic heterocycles. The Kier molecular flexibility index (Phi) is 5.84. The van der Waals surface area contributed by atoms with E-state index in [0.29, 0.717) is 17.1 Å². The van der Waals surface area contributed by atoms with Gasteiger partial charge in [0.1, 0.15) is 6.04 Å². The van der Waals surface area contributed by atoms with E-state index in [0.717, 1.165) is 5.56 Å². The molecule has 3 rings (SSSR count). The van der Waals surface area contributed by atoms with E-state index in [1.165, 1.54) is 0 Å². The SMILES string of the molecule is Cc1cccc(C(=O)NC(C(=O)Nc2ccc(-n3cccn3)nc2)C(C)C)c1. The summed E-state index contributed by atoms with van der Waals surface area (Å²) in [5, 5.41) is 9.76. The third kappa shape index (κ3) is 4.62. The van der Waals surface area contributed by atoms with E-state index in [4.69, 9.17) is 0 Å². The van der Waals surface area contributed by atoms with Crippen LogP contribution in [0, 0.1) is 12.8 Å². The van der Waals surface area contributed by atoms with Crippen molar-refractivity contribution in [3.8, 4) is 5.82 Å². The van der Waals surface area contributed by atoms with Crippen molar-refractivity contribution in [2.24, 2.45) is 5.92 Å². The minimum Gasteiger partial charge on any atom is -0.340 e. The minimum absolute atomic E-state index is 0.0786. The first-order chi connectivity index (χ1) is 13.4. The van der Waals surface area contributed by atoms with Crippen molar-refractivity contribution in [1.82, 2.24) is 20.1 Å². The van der Waals surface area contributed by atoms with Crippen LogP contribution in [-0.4, -0.2) is 32.6 Å². The molecular formula is C21H23N5O2. The standard InChI is InChI=1S/C21H23N5O2/c1-14(2)19(25-20(27)16-7-4-6-15(3)12-16)21(28)24-17-8-9-18(22-13-17)26-11-5-10-23-26/h4-14,19H,1-3H3,(H,24,28)(H,25,27). The van der Waals surface area contributed by atoms with E-state index >= 15 is 0 Å². The molecule has 1 unspecified atom stereocenters. The number of benzene rings is 1. The van der Waals surface area contributed by atoms with Gasteiger partial charge in [0, 0.05) is 18.0 Å². The topological polar surface area (TPSA) is 88.9 Å². The van der Waals surface area contributed by atoms with Crippen molar-refractivity contribution < 1.29 is 9.59 Å². The molecule has 3 aromatic rings. The molecule has 0 saturated carbocycles. The Balaban J connectivity index is 1.68. The maximum Gasteiger partial charge on any atom is 0.251 e. The molecular weight excluding hydrogens is 354 g/mol. The van der Waals surface area contributed by atoms with Crippen molar-refractivity contribution in [3.63, 3.8) is 0 Å². The fourth-order valence-electron chi connectivity index (χ4n) is 2.77. The van der Waals surface area contributed by atoms with E-state index in [-0.39, 0.29) is 17.7 Å². The van der Waals surface area contributed by atoms with Crippen LogP contribution in [-0.2, 0) is 4.79 Å². The van der Waals surface area contributed by atoms with E-state index in [9.17, 15) is 9.59 Å². The Morgan fingerprint density at radius 3 is 2.54 bits per heavy atom. The van der Waals surface area contributed by atoms with Crippen molar-refractivity contribution in [2.75, 3.05) is 5.32 Å². The Morgan fingerprint density at radius 1 is 1.11 bits per heavy atom. The van der Waals surface area contributed by atoms with Crippen molar-refractivity contribution in [2.45, 2.75) is 26.8 Å². The minimum atomic E-state index is -0.668. The number of aromatic nitrogens is 3. The molecule has 2 aromatic heterocycles. The zero-order chi connectivity index (χ0) is 20.1. The third-order valence-electron chi connectivity index (χ3n) is 4.27. The summed E-state index contributed by atoms with van der Waals surface area (Å²) < 4.78 is 1.63. The Labute approximate surface area is 163 Å². The first-order valence-electron chi connectivity index (χ1n) is 9.08. The van der Waals surface area contributed by atoms with Crippen LogP contribution in [0.15, 0.2) is 61.1 Å². The molecule has 2 amide bonds. The summed E-state index contributed by atoms with van der Waals surface area (Å²) in [6.45, 7) is 5.70. The van der Waals surface area contributed by atoms with Gasteiger partial charge < -0.3 is 10.6 Å². The number of rotatable bonds is 6. The fraction of sp³-hybridized carbons (Fsp3) is 0.238. The first kappa shape index (κ1) is 19.3. The molecule has 1 aromatic carbocycles. The average molecular weight is 377 g/mol. The second kappa shape index (κ2) is 8.47. The summed E-state index contributed by atoms with van der Waals surface area (Å²) in [5.41, 5.74) is 2.07. The second-order valence-electron chi connectivity index (χ2n) is 6.91. The molecule has 0 fully saturated rings. The summed E-state index contributed by atoms with van der Waals surface area (Å²) in [6.07, 6.45) is 5.02. The number of pyridine rings is 1. The van der Waals surface area contributed by atoms with Crippen LogP contribution in [0.3, 0.4) is 0 Å². The quantitative estimate of drug-likeness (QED) is 0.691. The van der Waals surface area contributed by atoms with Gasteiger partial charge in [0.2, 0.25) is 5.91 Å². The van der Waals surface area contributed by atoms with Gasteiger partial charge >= 0.3 is 0 Å². The van der Waals surface area contributed by atoms with Gasteiger partial charge in [-0.15, -0.1) is 0 Å². The normalized spacial score (nSPS) is 11.9. The van der Waals surface area contributed by atoms with Crippen LogP contribution >= 0.6 is 0 Å². The number of carbonyl (C=O) groups is 2. The molecule has 0 bridgehead atoms. The molecule has 28 heavy (non-hydrogen) atoms. The van der Waals surface area contributed by atoms with Crippen molar-refractivity contribution in [3.05, 3.63) is 72.2 Å². The van der Waals surface area contributed by atoms with Crippen LogP contribution in [0.1, 0.15) is 29.8 Å². The number of amides is 2. The zero-order valence-corrected chi connectivity index (χ0v) is 16.1. The maximum absolute atomic E-state index is 12.7. The molecule has 144 valence electrons. The molecule has 0 aliphatic carbocycles. The largest absolute Gasteiger partial charge is 0.340 e. The Morgan fingerprint density at radius 2 is 1.93 bits per heavy atom. The smallest absolute Gasteiger partial charge is 0.251 e. The average Bonchev–Trinajstić information content (AvgIpc) is 3.21. The van der Waals surface area contributed by atoms with Crippen molar-refractivity contribution in [1.29, 1.82) is 0 Å². The lowest BCUT2D eigenvalue weighted by Crippen LogP contribution is -2.47. The van der Waals surface area contributed by atoms with E-state index in [1.807, 2.05) is 39.0 Å². The predicted octanol–water partition coefficient (Wildman–Crippen LogP) is 2.97. The summed E-state index contributed by atoms with van der Waals surface area (Å²) in [7, 11) is 0. The lowest BCUT2D eigenvalue weighted by molar-refractivity contribution is -0.118. The lowest BCUT2D eigenvalue weighted by Gasteiger charge is -2.22. The number of hydrogen-bond acceptors (Lipinski definition) is 4. The number of nitrogens with zero attached hydrogens (tertiary/aromatic N) is 3. The van der Waals surface area contributed by atoms with Gasteiger partial charge in [0.25, 0.3) is 5.91 Å². The highest BCUT2D eigenvalue weighted by Gasteiger charge is 2.25. The van der Waals surface area contributed by atoms with Gasteiger partial charge in [0.05, 0.1) is 11.9 Å². The zero-order valence-electron chi connectivity index (χ0n) is 16.1. The Bertz CT molecular complexity index is 949. The molecule has 0 spiro atoms.